The quantitative estimate of drug-likeness (QED) is 0.497. The van der Waals surface area contributed by atoms with Crippen LogP contribution in [0.3, 0.4) is 0 Å². The van der Waals surface area contributed by atoms with Gasteiger partial charge in [0.1, 0.15) is 11.6 Å². The highest BCUT2D eigenvalue weighted by Crippen LogP contribution is 2.21. The van der Waals surface area contributed by atoms with Crippen LogP contribution in [-0.4, -0.2) is 42.7 Å². The second-order valence-corrected chi connectivity index (χ2v) is 10.1. The number of hydrogen-bond acceptors (Lipinski definition) is 8. The first-order chi connectivity index (χ1) is 14.3. The molecule has 0 saturated heterocycles. The van der Waals surface area contributed by atoms with Crippen molar-refractivity contribution in [2.75, 3.05) is 18.2 Å². The van der Waals surface area contributed by atoms with Gasteiger partial charge in [0, 0.05) is 29.0 Å². The van der Waals surface area contributed by atoms with Crippen LogP contribution in [0.2, 0.25) is 5.02 Å². The van der Waals surface area contributed by atoms with Gasteiger partial charge in [0.05, 0.1) is 23.8 Å². The average molecular weight is 467 g/mol. The zero-order valence-corrected chi connectivity index (χ0v) is 19.0. The summed E-state index contributed by atoms with van der Waals surface area (Å²) in [5, 5.41) is 4.34. The third-order valence-corrected chi connectivity index (χ3v) is 7.23. The summed E-state index contributed by atoms with van der Waals surface area (Å²) >= 11 is 7.09. The molecule has 3 aromatic rings. The van der Waals surface area contributed by atoms with Gasteiger partial charge >= 0.3 is 0 Å². The summed E-state index contributed by atoms with van der Waals surface area (Å²) in [6.45, 7) is 1.76. The average Bonchev–Trinajstić information content (AvgIpc) is 3.16. The molecule has 0 amide bonds. The Labute approximate surface area is 185 Å². The number of sulfone groups is 1. The van der Waals surface area contributed by atoms with Crippen LogP contribution in [0.15, 0.2) is 53.4 Å². The van der Waals surface area contributed by atoms with Crippen LogP contribution in [0, 0.1) is 0 Å². The van der Waals surface area contributed by atoms with Crippen molar-refractivity contribution in [3.05, 3.63) is 64.9 Å². The van der Waals surface area contributed by atoms with Gasteiger partial charge in [0.2, 0.25) is 5.13 Å². The first-order valence-electron chi connectivity index (χ1n) is 9.23. The van der Waals surface area contributed by atoms with E-state index in [-0.39, 0.29) is 10.6 Å². The van der Waals surface area contributed by atoms with Crippen LogP contribution in [-0.2, 0) is 16.3 Å². The number of aromatic nitrogens is 2. The molecule has 3 rings (SSSR count). The summed E-state index contributed by atoms with van der Waals surface area (Å²) in [6, 6.07) is 12.8. The Morgan fingerprint density at radius 1 is 1.17 bits per heavy atom. The lowest BCUT2D eigenvalue weighted by molar-refractivity contribution is 0.414. The second kappa shape index (κ2) is 9.74. The zero-order valence-electron chi connectivity index (χ0n) is 16.6. The Bertz CT molecular complexity index is 1070. The molecule has 0 radical (unpaired) electrons. The summed E-state index contributed by atoms with van der Waals surface area (Å²) in [6.07, 6.45) is 0.558. The number of methoxy groups -OCH3 is 1. The first-order valence-corrected chi connectivity index (χ1v) is 12.0. The summed E-state index contributed by atoms with van der Waals surface area (Å²) in [5.74, 6) is 1.08. The third-order valence-electron chi connectivity index (χ3n) is 4.50. The number of halogens is 1. The molecule has 0 aliphatic heterocycles. The number of hydrogen-bond donors (Lipinski definition) is 2. The van der Waals surface area contributed by atoms with Gasteiger partial charge < -0.3 is 15.8 Å². The summed E-state index contributed by atoms with van der Waals surface area (Å²) in [7, 11) is -2.02. The van der Waals surface area contributed by atoms with E-state index in [1.807, 2.05) is 24.3 Å². The topological polar surface area (TPSA) is 107 Å². The Hall–Kier alpha value is -2.20. The van der Waals surface area contributed by atoms with Crippen LogP contribution in [0.5, 0.6) is 5.75 Å². The highest BCUT2D eigenvalue weighted by Gasteiger charge is 2.25. The smallest absolute Gasteiger partial charge is 0.202 e. The molecule has 1 aromatic heterocycles. The van der Waals surface area contributed by atoms with Crippen molar-refractivity contribution < 1.29 is 13.2 Å². The summed E-state index contributed by atoms with van der Waals surface area (Å²) in [5.41, 5.74) is 7.09. The van der Waals surface area contributed by atoms with Crippen molar-refractivity contribution in [2.45, 2.75) is 30.3 Å². The number of nitrogens with zero attached hydrogens (tertiary/aromatic N) is 2. The van der Waals surface area contributed by atoms with Gasteiger partial charge in [-0.1, -0.05) is 23.7 Å². The van der Waals surface area contributed by atoms with Crippen molar-refractivity contribution in [2.24, 2.45) is 5.73 Å². The lowest BCUT2D eigenvalue weighted by atomic mass is 10.1. The molecule has 2 unspecified atom stereocenters. The molecular weight excluding hydrogens is 444 g/mol. The minimum Gasteiger partial charge on any atom is -0.497 e. The molecule has 3 N–H and O–H groups in total. The number of benzene rings is 2. The monoisotopic (exact) mass is 466 g/mol. The molecule has 7 nitrogen and oxygen atoms in total. The van der Waals surface area contributed by atoms with Crippen molar-refractivity contribution in [1.29, 1.82) is 0 Å². The summed E-state index contributed by atoms with van der Waals surface area (Å²) in [4.78, 5) is 4.69. The Balaban J connectivity index is 1.69. The van der Waals surface area contributed by atoms with E-state index in [2.05, 4.69) is 14.7 Å². The van der Waals surface area contributed by atoms with Gasteiger partial charge in [0.25, 0.3) is 0 Å². The molecule has 2 aromatic carbocycles. The molecule has 1 heterocycles. The lowest BCUT2D eigenvalue weighted by Gasteiger charge is -2.21. The fraction of sp³-hybridized carbons (Fsp3) is 0.300. The van der Waals surface area contributed by atoms with E-state index in [9.17, 15) is 8.42 Å². The molecule has 0 aliphatic carbocycles. The van der Waals surface area contributed by atoms with Crippen molar-refractivity contribution in [3.63, 3.8) is 0 Å². The second-order valence-electron chi connectivity index (χ2n) is 6.89. The number of ether oxygens (including phenoxy) is 1. The van der Waals surface area contributed by atoms with E-state index in [4.69, 9.17) is 22.1 Å². The zero-order chi connectivity index (χ0) is 21.7. The SMILES string of the molecule is COc1ccc(S(=O)(=O)CC(Nc2nc(Cc3ccc(Cl)cc3)ns2)C(C)N)cc1. The molecule has 0 spiro atoms. The molecule has 0 aliphatic rings. The molecule has 30 heavy (non-hydrogen) atoms. The fourth-order valence-corrected chi connectivity index (χ4v) is 5.14. The van der Waals surface area contributed by atoms with Crippen molar-refractivity contribution in [3.8, 4) is 5.75 Å². The number of rotatable bonds is 9. The van der Waals surface area contributed by atoms with Gasteiger partial charge in [-0.2, -0.15) is 4.37 Å². The fourth-order valence-electron chi connectivity index (χ4n) is 2.77. The Morgan fingerprint density at radius 2 is 1.83 bits per heavy atom. The number of anilines is 1. The molecule has 0 bridgehead atoms. The minimum atomic E-state index is -3.55. The predicted molar refractivity (Wildman–Crippen MR) is 120 cm³/mol. The van der Waals surface area contributed by atoms with E-state index in [0.717, 1.165) is 5.56 Å². The standard InChI is InChI=1S/C20H23ClN4O3S2/c1-13(22)18(12-30(26,27)17-9-7-16(28-2)8-10-17)23-20-24-19(25-29-20)11-14-3-5-15(21)6-4-14/h3-10,13,18H,11-12,22H2,1-2H3,(H,23,24,25). The van der Waals surface area contributed by atoms with Gasteiger partial charge in [0.15, 0.2) is 9.84 Å². The van der Waals surface area contributed by atoms with E-state index in [1.54, 1.807) is 19.1 Å². The van der Waals surface area contributed by atoms with Crippen molar-refractivity contribution >= 4 is 38.1 Å². The highest BCUT2D eigenvalue weighted by atomic mass is 35.5. The maximum Gasteiger partial charge on any atom is 0.202 e. The molecule has 10 heteroatoms. The van der Waals surface area contributed by atoms with Crippen molar-refractivity contribution in [1.82, 2.24) is 9.36 Å². The third kappa shape index (κ3) is 5.91. The highest BCUT2D eigenvalue weighted by molar-refractivity contribution is 7.91. The van der Waals surface area contributed by atoms with Gasteiger partial charge in [-0.25, -0.2) is 13.4 Å². The van der Waals surface area contributed by atoms with Crippen LogP contribution < -0.4 is 15.8 Å². The van der Waals surface area contributed by atoms with Crippen LogP contribution in [0.1, 0.15) is 18.3 Å². The van der Waals surface area contributed by atoms with Gasteiger partial charge in [-0.15, -0.1) is 0 Å². The maximum absolute atomic E-state index is 12.8. The van der Waals surface area contributed by atoms with Gasteiger partial charge in [-0.05, 0) is 48.9 Å². The van der Waals surface area contributed by atoms with Crippen LogP contribution in [0.4, 0.5) is 5.13 Å². The van der Waals surface area contributed by atoms with E-state index < -0.39 is 21.9 Å². The van der Waals surface area contributed by atoms with Crippen LogP contribution in [0.25, 0.3) is 0 Å². The van der Waals surface area contributed by atoms with E-state index in [1.165, 1.54) is 30.8 Å². The molecule has 160 valence electrons. The van der Waals surface area contributed by atoms with Crippen LogP contribution >= 0.6 is 23.1 Å². The maximum atomic E-state index is 12.8. The molecular formula is C20H23ClN4O3S2. The summed E-state index contributed by atoms with van der Waals surface area (Å²) < 4.78 is 35.1. The lowest BCUT2D eigenvalue weighted by Crippen LogP contribution is -2.43. The Kier molecular flexibility index (Phi) is 7.30. The van der Waals surface area contributed by atoms with Gasteiger partial charge in [-0.3, -0.25) is 0 Å². The predicted octanol–water partition coefficient (Wildman–Crippen LogP) is 3.39. The Morgan fingerprint density at radius 3 is 2.43 bits per heavy atom. The largest absolute Gasteiger partial charge is 0.497 e. The molecule has 2 atom stereocenters. The molecule has 0 fully saturated rings. The molecule has 0 saturated carbocycles. The van der Waals surface area contributed by atoms with E-state index in [0.29, 0.717) is 28.1 Å². The number of nitrogens with one attached hydrogen (secondary N) is 1. The van der Waals surface area contributed by atoms with E-state index >= 15 is 0 Å². The number of nitrogens with two attached hydrogens (primary N) is 1. The minimum absolute atomic E-state index is 0.164. The normalized spacial score (nSPS) is 13.6. The first kappa shape index (κ1) is 22.5.